The van der Waals surface area contributed by atoms with Gasteiger partial charge >= 0.3 is 5.97 Å². The van der Waals surface area contributed by atoms with E-state index in [0.29, 0.717) is 25.2 Å². The number of aliphatic carboxylic acids is 1. The van der Waals surface area contributed by atoms with Crippen LogP contribution >= 0.6 is 0 Å². The van der Waals surface area contributed by atoms with Gasteiger partial charge in [0.15, 0.2) is 0 Å². The Morgan fingerprint density at radius 2 is 2.03 bits per heavy atom. The summed E-state index contributed by atoms with van der Waals surface area (Å²) >= 11 is 0. The molecule has 0 radical (unpaired) electrons. The van der Waals surface area contributed by atoms with Gasteiger partial charge in [-0.25, -0.2) is 0 Å². The molecule has 2 saturated heterocycles. The van der Waals surface area contributed by atoms with Gasteiger partial charge in [-0.3, -0.25) is 19.3 Å². The summed E-state index contributed by atoms with van der Waals surface area (Å²) in [5.74, 6) is -3.83. The van der Waals surface area contributed by atoms with E-state index in [0.717, 1.165) is 18.4 Å². The number of aliphatic hydroxyl groups is 1. The summed E-state index contributed by atoms with van der Waals surface area (Å²) in [6, 6.07) is 6.05. The molecule has 1 aromatic carbocycles. The molecular weight excluding hydrogens is 424 g/mol. The maximum absolute atomic E-state index is 13.9. The van der Waals surface area contributed by atoms with Crippen molar-refractivity contribution >= 4 is 23.5 Å². The van der Waals surface area contributed by atoms with Gasteiger partial charge in [-0.1, -0.05) is 43.7 Å². The topological polar surface area (TPSA) is 107 Å². The maximum Gasteiger partial charge on any atom is 0.310 e. The van der Waals surface area contributed by atoms with Crippen LogP contribution in [-0.2, 0) is 25.5 Å². The molecule has 0 aromatic heterocycles. The van der Waals surface area contributed by atoms with Crippen LogP contribution < -0.4 is 4.90 Å². The molecule has 2 N–H and O–H groups in total. The van der Waals surface area contributed by atoms with Gasteiger partial charge in [-0.15, -0.1) is 6.58 Å². The van der Waals surface area contributed by atoms with E-state index in [1.54, 1.807) is 47.4 Å². The van der Waals surface area contributed by atoms with E-state index in [1.807, 2.05) is 6.92 Å². The predicted molar refractivity (Wildman–Crippen MR) is 122 cm³/mol. The van der Waals surface area contributed by atoms with Crippen molar-refractivity contribution in [2.75, 3.05) is 24.6 Å². The maximum atomic E-state index is 13.9. The molecule has 0 aliphatic carbocycles. The van der Waals surface area contributed by atoms with Gasteiger partial charge in [0.1, 0.15) is 17.6 Å². The number of aliphatic hydroxyl groups excluding tert-OH is 1. The van der Waals surface area contributed by atoms with Crippen molar-refractivity contribution in [3.8, 4) is 0 Å². The summed E-state index contributed by atoms with van der Waals surface area (Å²) in [5, 5.41) is 19.1. The lowest BCUT2D eigenvalue weighted by atomic mass is 9.74. The van der Waals surface area contributed by atoms with Gasteiger partial charge in [-0.2, -0.15) is 0 Å². The number of rotatable bonds is 10. The SMILES string of the molecule is C=CCN(CCCC)C(=O)C1N(c2ccc(CCO)cc2)C(=O)C2C(C(=O)O)C3C=CC21O3. The number of carboxylic acid groups (broad SMARTS) is 1. The van der Waals surface area contributed by atoms with E-state index in [2.05, 4.69) is 6.58 Å². The minimum atomic E-state index is -1.32. The van der Waals surface area contributed by atoms with Crippen LogP contribution in [0.4, 0.5) is 5.69 Å². The number of amides is 2. The van der Waals surface area contributed by atoms with E-state index in [9.17, 15) is 24.6 Å². The number of fused-ring (bicyclic) bond motifs is 1. The molecule has 5 atom stereocenters. The number of hydrogen-bond acceptors (Lipinski definition) is 5. The summed E-state index contributed by atoms with van der Waals surface area (Å²) < 4.78 is 6.15. The summed E-state index contributed by atoms with van der Waals surface area (Å²) in [6.07, 6.45) is 6.47. The molecule has 3 heterocycles. The minimum Gasteiger partial charge on any atom is -0.481 e. The highest BCUT2D eigenvalue weighted by Gasteiger charge is 2.73. The molecule has 1 aromatic rings. The van der Waals surface area contributed by atoms with Crippen molar-refractivity contribution in [1.82, 2.24) is 4.90 Å². The third-order valence-electron chi connectivity index (χ3n) is 6.85. The zero-order valence-electron chi connectivity index (χ0n) is 18.7. The highest BCUT2D eigenvalue weighted by atomic mass is 16.5. The molecule has 2 bridgehead atoms. The first kappa shape index (κ1) is 23.2. The average molecular weight is 455 g/mol. The van der Waals surface area contributed by atoms with Crippen LogP contribution in [0.3, 0.4) is 0 Å². The van der Waals surface area contributed by atoms with Crippen molar-refractivity contribution in [2.24, 2.45) is 11.8 Å². The fraction of sp³-hybridized carbons (Fsp3) is 0.480. The molecule has 176 valence electrons. The van der Waals surface area contributed by atoms with Crippen LogP contribution in [0, 0.1) is 11.8 Å². The summed E-state index contributed by atoms with van der Waals surface area (Å²) in [7, 11) is 0. The van der Waals surface area contributed by atoms with E-state index in [1.165, 1.54) is 4.90 Å². The Labute approximate surface area is 193 Å². The summed E-state index contributed by atoms with van der Waals surface area (Å²) in [5.41, 5.74) is 0.0744. The summed E-state index contributed by atoms with van der Waals surface area (Å²) in [6.45, 7) is 6.63. The molecule has 3 aliphatic heterocycles. The third-order valence-corrected chi connectivity index (χ3v) is 6.85. The predicted octanol–water partition coefficient (Wildman–Crippen LogP) is 1.78. The van der Waals surface area contributed by atoms with Crippen LogP contribution in [0.1, 0.15) is 25.3 Å². The molecule has 0 saturated carbocycles. The van der Waals surface area contributed by atoms with Crippen LogP contribution in [-0.4, -0.2) is 70.3 Å². The molecule has 2 amide bonds. The lowest BCUT2D eigenvalue weighted by Crippen LogP contribution is -2.56. The third kappa shape index (κ3) is 3.67. The zero-order valence-corrected chi connectivity index (χ0v) is 18.7. The monoisotopic (exact) mass is 454 g/mol. The number of anilines is 1. The first-order valence-electron chi connectivity index (χ1n) is 11.4. The quantitative estimate of drug-likeness (QED) is 0.522. The van der Waals surface area contributed by atoms with E-state index >= 15 is 0 Å². The molecule has 3 aliphatic rings. The van der Waals surface area contributed by atoms with Gasteiger partial charge in [0.25, 0.3) is 0 Å². The van der Waals surface area contributed by atoms with Crippen molar-refractivity contribution in [1.29, 1.82) is 0 Å². The molecule has 2 fully saturated rings. The Balaban J connectivity index is 1.79. The number of carboxylic acids is 1. The molecule has 33 heavy (non-hydrogen) atoms. The lowest BCUT2D eigenvalue weighted by molar-refractivity contribution is -0.146. The Morgan fingerprint density at radius 3 is 2.64 bits per heavy atom. The molecular formula is C25H30N2O6. The van der Waals surface area contributed by atoms with Crippen molar-refractivity contribution < 1.29 is 29.3 Å². The zero-order chi connectivity index (χ0) is 23.8. The molecule has 8 heteroatoms. The van der Waals surface area contributed by atoms with Crippen LogP contribution in [0.15, 0.2) is 49.1 Å². The highest BCUT2D eigenvalue weighted by Crippen LogP contribution is 2.56. The first-order valence-corrected chi connectivity index (χ1v) is 11.4. The molecule has 4 rings (SSSR count). The highest BCUT2D eigenvalue weighted by molar-refractivity contribution is 6.10. The van der Waals surface area contributed by atoms with Gasteiger partial charge < -0.3 is 19.8 Å². The Bertz CT molecular complexity index is 974. The second-order valence-corrected chi connectivity index (χ2v) is 8.81. The number of unbranched alkanes of at least 4 members (excludes halogenated alkanes) is 1. The molecule has 5 unspecified atom stereocenters. The van der Waals surface area contributed by atoms with Crippen molar-refractivity contribution in [3.63, 3.8) is 0 Å². The van der Waals surface area contributed by atoms with Gasteiger partial charge in [0.05, 0.1) is 12.0 Å². The number of carbonyl (C=O) groups excluding carboxylic acids is 2. The summed E-state index contributed by atoms with van der Waals surface area (Å²) in [4.78, 5) is 42.8. The van der Waals surface area contributed by atoms with Crippen LogP contribution in [0.5, 0.6) is 0 Å². The molecule has 8 nitrogen and oxygen atoms in total. The van der Waals surface area contributed by atoms with Crippen molar-refractivity contribution in [2.45, 2.75) is 43.9 Å². The van der Waals surface area contributed by atoms with E-state index in [4.69, 9.17) is 4.74 Å². The Hall–Kier alpha value is -2.97. The lowest BCUT2D eigenvalue weighted by Gasteiger charge is -2.36. The van der Waals surface area contributed by atoms with Crippen LogP contribution in [0.2, 0.25) is 0 Å². The fourth-order valence-corrected chi connectivity index (χ4v) is 5.34. The number of nitrogens with zero attached hydrogens (tertiary/aromatic N) is 2. The Kier molecular flexibility index (Phi) is 6.41. The van der Waals surface area contributed by atoms with E-state index in [-0.39, 0.29) is 12.5 Å². The largest absolute Gasteiger partial charge is 0.481 e. The van der Waals surface area contributed by atoms with E-state index < -0.39 is 41.5 Å². The van der Waals surface area contributed by atoms with Gasteiger partial charge in [0.2, 0.25) is 11.8 Å². The normalized spacial score (nSPS) is 29.4. The van der Waals surface area contributed by atoms with Gasteiger partial charge in [-0.05, 0) is 30.5 Å². The standard InChI is InChI=1S/C25H30N2O6/c1-3-5-14-26(13-4-2)23(30)21-25-12-10-18(33-25)19(24(31)32)20(25)22(29)27(21)17-8-6-16(7-9-17)11-15-28/h4,6-10,12,18-21,28H,2-3,5,11,13-15H2,1H3,(H,31,32). The Morgan fingerprint density at radius 1 is 1.30 bits per heavy atom. The second kappa shape index (κ2) is 9.11. The number of hydrogen-bond donors (Lipinski definition) is 2. The second-order valence-electron chi connectivity index (χ2n) is 8.81. The number of carbonyl (C=O) groups is 3. The average Bonchev–Trinajstić information content (AvgIpc) is 3.44. The van der Waals surface area contributed by atoms with Crippen LogP contribution in [0.25, 0.3) is 0 Å². The smallest absolute Gasteiger partial charge is 0.310 e. The minimum absolute atomic E-state index is 0.00252. The van der Waals surface area contributed by atoms with Gasteiger partial charge in [0, 0.05) is 25.4 Å². The number of benzene rings is 1. The fourth-order valence-electron chi connectivity index (χ4n) is 5.34. The number of ether oxygens (including phenoxy) is 1. The first-order chi connectivity index (χ1) is 15.9. The van der Waals surface area contributed by atoms with Crippen molar-refractivity contribution in [3.05, 3.63) is 54.6 Å². The molecule has 1 spiro atoms.